The number of anilines is 1. The average Bonchev–Trinajstić information content (AvgIpc) is 2.38. The van der Waals surface area contributed by atoms with E-state index in [-0.39, 0.29) is 18.2 Å². The Morgan fingerprint density at radius 2 is 1.76 bits per heavy atom. The van der Waals surface area contributed by atoms with Gasteiger partial charge in [0.05, 0.1) is 0 Å². The minimum Gasteiger partial charge on any atom is -0.508 e. The topological polar surface area (TPSA) is 75.4 Å². The lowest BCUT2D eigenvalue weighted by Gasteiger charge is -2.12. The van der Waals surface area contributed by atoms with Gasteiger partial charge in [-0.1, -0.05) is 17.7 Å². The van der Waals surface area contributed by atoms with Gasteiger partial charge < -0.3 is 16.2 Å². The van der Waals surface area contributed by atoms with Crippen LogP contribution in [0.25, 0.3) is 0 Å². The molecular weight excluding hydrogens is 264 g/mol. The molecule has 21 heavy (non-hydrogen) atoms. The molecule has 4 heteroatoms. The van der Waals surface area contributed by atoms with Crippen LogP contribution in [0, 0.1) is 20.8 Å². The molecule has 2 aromatic rings. The fraction of sp³-hybridized carbons (Fsp3) is 0.235. The summed E-state index contributed by atoms with van der Waals surface area (Å²) < 4.78 is 0. The van der Waals surface area contributed by atoms with E-state index < -0.39 is 0 Å². The van der Waals surface area contributed by atoms with Gasteiger partial charge in [0, 0.05) is 23.4 Å². The number of aromatic hydroxyl groups is 1. The predicted molar refractivity (Wildman–Crippen MR) is 84.3 cm³/mol. The smallest absolute Gasteiger partial charge is 0.252 e. The number of aryl methyl sites for hydroxylation is 3. The number of phenolic OH excluding ortho intramolecular Hbond substituents is 1. The van der Waals surface area contributed by atoms with E-state index in [9.17, 15) is 9.90 Å². The molecule has 1 amide bonds. The molecule has 0 aliphatic rings. The molecular formula is C17H20N2O2. The van der Waals surface area contributed by atoms with Crippen molar-refractivity contribution >= 4 is 11.6 Å². The Bertz CT molecular complexity index is 670. The minimum absolute atomic E-state index is 0.127. The summed E-state index contributed by atoms with van der Waals surface area (Å²) in [4.78, 5) is 12.3. The molecule has 0 radical (unpaired) electrons. The van der Waals surface area contributed by atoms with Gasteiger partial charge in [-0.15, -0.1) is 0 Å². The molecule has 2 rings (SSSR count). The van der Waals surface area contributed by atoms with Gasteiger partial charge >= 0.3 is 0 Å². The molecule has 0 aliphatic heterocycles. The van der Waals surface area contributed by atoms with Crippen LogP contribution in [-0.4, -0.2) is 11.0 Å². The summed E-state index contributed by atoms with van der Waals surface area (Å²) in [5.41, 5.74) is 10.6. The zero-order valence-corrected chi connectivity index (χ0v) is 12.5. The van der Waals surface area contributed by atoms with E-state index in [4.69, 9.17) is 5.73 Å². The Labute approximate surface area is 124 Å². The number of nitrogens with one attached hydrogen (secondary N) is 1. The molecule has 0 fully saturated rings. The van der Waals surface area contributed by atoms with Crippen molar-refractivity contribution in [2.75, 3.05) is 5.73 Å². The van der Waals surface area contributed by atoms with E-state index in [1.54, 1.807) is 12.1 Å². The Balaban J connectivity index is 2.18. The molecule has 0 aliphatic carbocycles. The maximum Gasteiger partial charge on any atom is 0.252 e. The lowest BCUT2D eigenvalue weighted by molar-refractivity contribution is 0.0949. The van der Waals surface area contributed by atoms with Crippen LogP contribution >= 0.6 is 0 Å². The van der Waals surface area contributed by atoms with Crippen LogP contribution in [0.4, 0.5) is 5.69 Å². The molecule has 0 heterocycles. The second-order valence-corrected chi connectivity index (χ2v) is 5.34. The van der Waals surface area contributed by atoms with Crippen LogP contribution in [0.15, 0.2) is 30.3 Å². The van der Waals surface area contributed by atoms with E-state index in [1.165, 1.54) is 6.07 Å². The van der Waals surface area contributed by atoms with Crippen LogP contribution in [0.1, 0.15) is 32.6 Å². The normalized spacial score (nSPS) is 10.4. The highest BCUT2D eigenvalue weighted by Crippen LogP contribution is 2.20. The van der Waals surface area contributed by atoms with Gasteiger partial charge in [-0.3, -0.25) is 4.79 Å². The van der Waals surface area contributed by atoms with Gasteiger partial charge in [0.2, 0.25) is 0 Å². The third kappa shape index (κ3) is 3.34. The fourth-order valence-electron chi connectivity index (χ4n) is 2.55. The predicted octanol–water partition coefficient (Wildman–Crippen LogP) is 2.83. The monoisotopic (exact) mass is 284 g/mol. The number of rotatable bonds is 3. The van der Waals surface area contributed by atoms with E-state index in [0.29, 0.717) is 16.8 Å². The van der Waals surface area contributed by atoms with Crippen molar-refractivity contribution in [1.29, 1.82) is 0 Å². The first-order valence-corrected chi connectivity index (χ1v) is 6.82. The number of hydrogen-bond acceptors (Lipinski definition) is 3. The molecule has 0 aromatic heterocycles. The number of carbonyl (C=O) groups is 1. The molecule has 110 valence electrons. The molecule has 0 saturated carbocycles. The van der Waals surface area contributed by atoms with Crippen molar-refractivity contribution in [3.63, 3.8) is 0 Å². The standard InChI is InChI=1S/C17H20N2O2/c1-10-6-11(2)16(12(3)7-10)17(21)19-9-13-8-14(18)4-5-15(13)20/h4-8,20H,9,18H2,1-3H3,(H,19,21). The van der Waals surface area contributed by atoms with Crippen molar-refractivity contribution in [1.82, 2.24) is 5.32 Å². The van der Waals surface area contributed by atoms with Crippen molar-refractivity contribution in [3.05, 3.63) is 58.1 Å². The third-order valence-electron chi connectivity index (χ3n) is 3.45. The molecule has 0 spiro atoms. The highest BCUT2D eigenvalue weighted by Gasteiger charge is 2.13. The molecule has 0 bridgehead atoms. The quantitative estimate of drug-likeness (QED) is 0.599. The van der Waals surface area contributed by atoms with E-state index in [2.05, 4.69) is 5.32 Å². The summed E-state index contributed by atoms with van der Waals surface area (Å²) in [5, 5.41) is 12.6. The lowest BCUT2D eigenvalue weighted by Crippen LogP contribution is -2.24. The highest BCUT2D eigenvalue weighted by atomic mass is 16.3. The molecule has 4 N–H and O–H groups in total. The first-order chi connectivity index (χ1) is 9.88. The average molecular weight is 284 g/mol. The Hall–Kier alpha value is -2.49. The Kier molecular flexibility index (Phi) is 4.17. The van der Waals surface area contributed by atoms with Gasteiger partial charge in [0.25, 0.3) is 5.91 Å². The van der Waals surface area contributed by atoms with Crippen molar-refractivity contribution in [2.24, 2.45) is 0 Å². The number of benzene rings is 2. The van der Waals surface area contributed by atoms with Crippen LogP contribution in [-0.2, 0) is 6.54 Å². The third-order valence-corrected chi connectivity index (χ3v) is 3.45. The summed E-state index contributed by atoms with van der Waals surface area (Å²) in [6.45, 7) is 6.09. The SMILES string of the molecule is Cc1cc(C)c(C(=O)NCc2cc(N)ccc2O)c(C)c1. The Morgan fingerprint density at radius 3 is 2.38 bits per heavy atom. The zero-order chi connectivity index (χ0) is 15.6. The van der Waals surface area contributed by atoms with Crippen LogP contribution in [0.3, 0.4) is 0 Å². The van der Waals surface area contributed by atoms with Crippen molar-refractivity contribution in [2.45, 2.75) is 27.3 Å². The molecule has 2 aromatic carbocycles. The maximum absolute atomic E-state index is 12.3. The summed E-state index contributed by atoms with van der Waals surface area (Å²) in [6, 6.07) is 8.78. The molecule has 0 unspecified atom stereocenters. The van der Waals surface area contributed by atoms with Gasteiger partial charge in [-0.25, -0.2) is 0 Å². The van der Waals surface area contributed by atoms with E-state index in [1.807, 2.05) is 32.9 Å². The summed E-state index contributed by atoms with van der Waals surface area (Å²) >= 11 is 0. The van der Waals surface area contributed by atoms with Crippen molar-refractivity contribution < 1.29 is 9.90 Å². The molecule has 0 atom stereocenters. The van der Waals surface area contributed by atoms with Crippen LogP contribution in [0.2, 0.25) is 0 Å². The van der Waals surface area contributed by atoms with Crippen LogP contribution < -0.4 is 11.1 Å². The van der Waals surface area contributed by atoms with Gasteiger partial charge in [0.1, 0.15) is 5.75 Å². The van der Waals surface area contributed by atoms with E-state index >= 15 is 0 Å². The number of nitrogen functional groups attached to an aromatic ring is 1. The molecule has 0 saturated heterocycles. The number of nitrogens with two attached hydrogens (primary N) is 1. The largest absolute Gasteiger partial charge is 0.508 e. The number of hydrogen-bond donors (Lipinski definition) is 3. The van der Waals surface area contributed by atoms with Crippen LogP contribution in [0.5, 0.6) is 5.75 Å². The van der Waals surface area contributed by atoms with E-state index in [0.717, 1.165) is 16.7 Å². The first-order valence-electron chi connectivity index (χ1n) is 6.82. The summed E-state index contributed by atoms with van der Waals surface area (Å²) in [7, 11) is 0. The van der Waals surface area contributed by atoms with Gasteiger partial charge in [-0.2, -0.15) is 0 Å². The highest BCUT2D eigenvalue weighted by molar-refractivity contribution is 5.97. The molecule has 4 nitrogen and oxygen atoms in total. The number of amides is 1. The second kappa shape index (κ2) is 5.87. The Morgan fingerprint density at radius 1 is 1.14 bits per heavy atom. The number of phenols is 1. The van der Waals surface area contributed by atoms with Crippen molar-refractivity contribution in [3.8, 4) is 5.75 Å². The first kappa shape index (κ1) is 14.9. The summed E-state index contributed by atoms with van der Waals surface area (Å²) in [6.07, 6.45) is 0. The zero-order valence-electron chi connectivity index (χ0n) is 12.5. The fourth-order valence-corrected chi connectivity index (χ4v) is 2.55. The number of carbonyl (C=O) groups excluding carboxylic acids is 1. The maximum atomic E-state index is 12.3. The van der Waals surface area contributed by atoms with Gasteiger partial charge in [-0.05, 0) is 50.1 Å². The minimum atomic E-state index is -0.146. The second-order valence-electron chi connectivity index (χ2n) is 5.34. The lowest BCUT2D eigenvalue weighted by atomic mass is 9.99. The van der Waals surface area contributed by atoms with Gasteiger partial charge in [0.15, 0.2) is 0 Å². The summed E-state index contributed by atoms with van der Waals surface area (Å²) in [5.74, 6) is -0.0197.